The fraction of sp³-hybridized carbons (Fsp3) is 0.250. The number of rotatable bonds is 3. The Kier molecular flexibility index (Phi) is 4.66. The summed E-state index contributed by atoms with van der Waals surface area (Å²) in [4.78, 5) is 4.50. The molecular weight excluding hydrogens is 379 g/mol. The first-order chi connectivity index (χ1) is 13.4. The van der Waals surface area contributed by atoms with Crippen molar-refractivity contribution in [3.8, 4) is 0 Å². The number of nitrogens with zero attached hydrogens (tertiary/aromatic N) is 1. The third-order valence-electron chi connectivity index (χ3n) is 4.91. The Bertz CT molecular complexity index is 1070. The Hall–Kier alpha value is -2.74. The Morgan fingerprint density at radius 1 is 1.07 bits per heavy atom. The number of alkyl halides is 1. The molecule has 0 fully saturated rings. The van der Waals surface area contributed by atoms with E-state index in [2.05, 4.69) is 10.3 Å². The molecule has 1 aliphatic rings. The highest BCUT2D eigenvalue weighted by Crippen LogP contribution is 2.40. The first-order valence-corrected chi connectivity index (χ1v) is 8.71. The molecule has 0 aliphatic heterocycles. The van der Waals surface area contributed by atoms with E-state index in [1.807, 2.05) is 0 Å². The molecule has 2 N–H and O–H groups in total. The summed E-state index contributed by atoms with van der Waals surface area (Å²) in [6, 6.07) is 7.04. The Morgan fingerprint density at radius 3 is 2.61 bits per heavy atom. The number of para-hydroxylation sites is 1. The molecule has 0 saturated carbocycles. The van der Waals surface area contributed by atoms with Crippen molar-refractivity contribution in [2.45, 2.75) is 31.7 Å². The third-order valence-corrected chi connectivity index (χ3v) is 4.91. The molecule has 0 bridgehead atoms. The number of aryl methyl sites for hydroxylation is 1. The van der Waals surface area contributed by atoms with Crippen molar-refractivity contribution in [2.75, 3.05) is 5.32 Å². The Labute approximate surface area is 156 Å². The molecule has 1 aromatic heterocycles. The first-order valence-electron chi connectivity index (χ1n) is 8.71. The smallest absolute Gasteiger partial charge is 0.199 e. The lowest BCUT2D eigenvalue weighted by atomic mass is 9.90. The van der Waals surface area contributed by atoms with Gasteiger partial charge in [-0.05, 0) is 31.4 Å². The molecule has 146 valence electrons. The molecule has 4 rings (SSSR count). The van der Waals surface area contributed by atoms with Crippen LogP contribution < -0.4 is 5.32 Å². The molecule has 1 heterocycles. The summed E-state index contributed by atoms with van der Waals surface area (Å²) in [7, 11) is 0. The van der Waals surface area contributed by atoms with E-state index in [1.54, 1.807) is 24.3 Å². The van der Waals surface area contributed by atoms with Gasteiger partial charge in [0.25, 0.3) is 0 Å². The fourth-order valence-corrected chi connectivity index (χ4v) is 3.57. The van der Waals surface area contributed by atoms with Crippen LogP contribution in [-0.2, 0) is 6.42 Å². The predicted molar refractivity (Wildman–Crippen MR) is 93.4 cm³/mol. The minimum absolute atomic E-state index is 0.171. The number of benzene rings is 2. The number of pyridine rings is 1. The zero-order chi connectivity index (χ0) is 20.0. The van der Waals surface area contributed by atoms with Gasteiger partial charge in [-0.15, -0.1) is 0 Å². The summed E-state index contributed by atoms with van der Waals surface area (Å²) in [6.07, 6.45) is -1.60. The topological polar surface area (TPSA) is 45.2 Å². The monoisotopic (exact) mass is 394 g/mol. The van der Waals surface area contributed by atoms with E-state index in [1.165, 1.54) is 0 Å². The van der Waals surface area contributed by atoms with Crippen LogP contribution in [0.3, 0.4) is 0 Å². The van der Waals surface area contributed by atoms with Crippen molar-refractivity contribution in [1.82, 2.24) is 4.98 Å². The van der Waals surface area contributed by atoms with Gasteiger partial charge in [0, 0.05) is 22.2 Å². The second-order valence-corrected chi connectivity index (χ2v) is 6.67. The third kappa shape index (κ3) is 2.97. The molecule has 1 aliphatic carbocycles. The molecular formula is C20H15F5N2O. The van der Waals surface area contributed by atoms with Crippen LogP contribution in [0.4, 0.5) is 27.6 Å². The molecule has 0 spiro atoms. The molecule has 8 heteroatoms. The zero-order valence-electron chi connectivity index (χ0n) is 14.4. The maximum Gasteiger partial charge on any atom is 0.199 e. The van der Waals surface area contributed by atoms with Gasteiger partial charge in [0.2, 0.25) is 0 Å². The quantitative estimate of drug-likeness (QED) is 0.276. The van der Waals surface area contributed by atoms with E-state index in [0.717, 1.165) is 0 Å². The lowest BCUT2D eigenvalue weighted by Crippen LogP contribution is -2.18. The van der Waals surface area contributed by atoms with Gasteiger partial charge in [-0.1, -0.05) is 18.2 Å². The van der Waals surface area contributed by atoms with Gasteiger partial charge in [-0.3, -0.25) is 4.98 Å². The lowest BCUT2D eigenvalue weighted by molar-refractivity contribution is 0.156. The van der Waals surface area contributed by atoms with Crippen LogP contribution in [0.2, 0.25) is 0 Å². The van der Waals surface area contributed by atoms with Crippen LogP contribution in [-0.4, -0.2) is 10.1 Å². The van der Waals surface area contributed by atoms with Crippen LogP contribution in [0.1, 0.15) is 42.1 Å². The van der Waals surface area contributed by atoms with E-state index < -0.39 is 41.2 Å². The lowest BCUT2D eigenvalue weighted by Gasteiger charge is -2.26. The van der Waals surface area contributed by atoms with E-state index in [4.69, 9.17) is 0 Å². The van der Waals surface area contributed by atoms with Crippen LogP contribution in [0.15, 0.2) is 30.3 Å². The molecule has 28 heavy (non-hydrogen) atoms. The van der Waals surface area contributed by atoms with Gasteiger partial charge in [-0.25, -0.2) is 22.0 Å². The van der Waals surface area contributed by atoms with E-state index in [0.29, 0.717) is 41.4 Å². The van der Waals surface area contributed by atoms with Crippen LogP contribution in [0.5, 0.6) is 0 Å². The van der Waals surface area contributed by atoms with Gasteiger partial charge in [-0.2, -0.15) is 0 Å². The average Bonchev–Trinajstić information content (AvgIpc) is 2.69. The van der Waals surface area contributed by atoms with Crippen LogP contribution >= 0.6 is 0 Å². The summed E-state index contributed by atoms with van der Waals surface area (Å²) < 4.78 is 69.1. The second-order valence-electron chi connectivity index (χ2n) is 6.67. The number of nitrogens with one attached hydrogen (secondary N) is 1. The number of aliphatic hydroxyl groups excluding tert-OH is 1. The normalized spacial score (nSPS) is 17.4. The van der Waals surface area contributed by atoms with Gasteiger partial charge in [0.1, 0.15) is 0 Å². The van der Waals surface area contributed by atoms with E-state index in [-0.39, 0.29) is 11.8 Å². The van der Waals surface area contributed by atoms with Crippen molar-refractivity contribution in [2.24, 2.45) is 0 Å². The summed E-state index contributed by atoms with van der Waals surface area (Å²) in [5, 5.41) is 13.3. The number of hydrogen-bond acceptors (Lipinski definition) is 3. The molecule has 0 amide bonds. The van der Waals surface area contributed by atoms with E-state index >= 15 is 0 Å². The number of fused-ring (bicyclic) bond motifs is 2. The summed E-state index contributed by atoms with van der Waals surface area (Å²) in [6.45, 7) is 0. The standard InChI is InChI=1S/C20H15F5N2O/c21-11-8-10(16(22)18(24)17(11)23)20(25)27-19-9-4-1-2-5-12(9)26-13-6-3-7-14(28)15(13)19/h1-2,4-5,8,14,20,28H,3,6-7H2,(H,26,27). The van der Waals surface area contributed by atoms with Crippen molar-refractivity contribution >= 4 is 16.6 Å². The van der Waals surface area contributed by atoms with Gasteiger partial charge in [0.15, 0.2) is 29.6 Å². The summed E-state index contributed by atoms with van der Waals surface area (Å²) >= 11 is 0. The van der Waals surface area contributed by atoms with Crippen molar-refractivity contribution in [1.29, 1.82) is 0 Å². The van der Waals surface area contributed by atoms with Gasteiger partial charge >= 0.3 is 0 Å². The minimum Gasteiger partial charge on any atom is -0.388 e. The maximum atomic E-state index is 14.9. The number of anilines is 1. The van der Waals surface area contributed by atoms with Crippen LogP contribution in [0, 0.1) is 23.3 Å². The summed E-state index contributed by atoms with van der Waals surface area (Å²) in [5.41, 5.74) is 0.642. The molecule has 3 nitrogen and oxygen atoms in total. The van der Waals surface area contributed by atoms with Crippen molar-refractivity contribution < 1.29 is 27.1 Å². The largest absolute Gasteiger partial charge is 0.388 e. The van der Waals surface area contributed by atoms with Crippen molar-refractivity contribution in [3.05, 3.63) is 70.4 Å². The molecule has 2 atom stereocenters. The highest BCUT2D eigenvalue weighted by atomic mass is 19.2. The SMILES string of the molecule is OC1CCCc2nc3ccccc3c(NC(F)c3cc(F)c(F)c(F)c3F)c21. The predicted octanol–water partition coefficient (Wildman–Crippen LogP) is 5.24. The van der Waals surface area contributed by atoms with E-state index in [9.17, 15) is 27.1 Å². The molecule has 0 radical (unpaired) electrons. The molecule has 3 aromatic rings. The number of aliphatic hydroxyl groups is 1. The van der Waals surface area contributed by atoms with Crippen molar-refractivity contribution in [3.63, 3.8) is 0 Å². The fourth-order valence-electron chi connectivity index (χ4n) is 3.57. The highest BCUT2D eigenvalue weighted by molar-refractivity contribution is 5.93. The summed E-state index contributed by atoms with van der Waals surface area (Å²) in [5.74, 6) is -7.59. The molecule has 0 saturated heterocycles. The second kappa shape index (κ2) is 7.01. The van der Waals surface area contributed by atoms with Crippen LogP contribution in [0.25, 0.3) is 10.9 Å². The molecule has 2 aromatic carbocycles. The number of aromatic nitrogens is 1. The average molecular weight is 394 g/mol. The van der Waals surface area contributed by atoms with Gasteiger partial charge < -0.3 is 10.4 Å². The minimum atomic E-state index is -2.38. The number of hydrogen-bond donors (Lipinski definition) is 2. The zero-order valence-corrected chi connectivity index (χ0v) is 14.4. The number of halogens is 5. The Morgan fingerprint density at radius 2 is 1.82 bits per heavy atom. The molecule has 2 unspecified atom stereocenters. The Balaban J connectivity index is 1.85. The van der Waals surface area contributed by atoms with Gasteiger partial charge in [0.05, 0.1) is 17.3 Å². The first kappa shape index (κ1) is 18.6. The highest BCUT2D eigenvalue weighted by Gasteiger charge is 2.29. The maximum absolute atomic E-state index is 14.9.